The van der Waals surface area contributed by atoms with Crippen LogP contribution in [0.2, 0.25) is 0 Å². The van der Waals surface area contributed by atoms with Crippen molar-refractivity contribution in [3.63, 3.8) is 0 Å². The van der Waals surface area contributed by atoms with Crippen molar-refractivity contribution >= 4 is 23.5 Å². The second-order valence-corrected chi connectivity index (χ2v) is 4.80. The highest BCUT2D eigenvalue weighted by Crippen LogP contribution is 2.22. The molecule has 7 heteroatoms. The van der Waals surface area contributed by atoms with Crippen LogP contribution in [0, 0.1) is 18.3 Å². The van der Waals surface area contributed by atoms with Gasteiger partial charge in [-0.25, -0.2) is 14.6 Å². The zero-order chi connectivity index (χ0) is 16.7. The second-order valence-electron chi connectivity index (χ2n) is 4.80. The maximum Gasteiger partial charge on any atom is 0.414 e. The zero-order valence-electron chi connectivity index (χ0n) is 12.4. The number of rotatable bonds is 1. The fraction of sp³-hybridized carbons (Fsp3) is 0.333. The van der Waals surface area contributed by atoms with Crippen LogP contribution in [0.1, 0.15) is 24.0 Å². The van der Waals surface area contributed by atoms with Gasteiger partial charge in [-0.1, -0.05) is 6.07 Å². The molecule has 1 saturated heterocycles. The van der Waals surface area contributed by atoms with E-state index in [0.717, 1.165) is 36.5 Å². The van der Waals surface area contributed by atoms with E-state index in [-0.39, 0.29) is 0 Å². The molecule has 1 aromatic rings. The third-order valence-corrected chi connectivity index (χ3v) is 3.04. The molecule has 1 aliphatic rings. The first-order chi connectivity index (χ1) is 10.3. The van der Waals surface area contributed by atoms with Crippen LogP contribution in [0.25, 0.3) is 0 Å². The molecular formula is C15H17N3O4. The molecule has 1 aliphatic heterocycles. The van der Waals surface area contributed by atoms with Gasteiger partial charge in [-0.05, 0) is 31.0 Å². The number of nitrogens with zero attached hydrogens (tertiary/aromatic N) is 3. The summed E-state index contributed by atoms with van der Waals surface area (Å²) in [5.41, 5.74) is 2.55. The van der Waals surface area contributed by atoms with Crippen LogP contribution in [0.5, 0.6) is 0 Å². The molecule has 0 aliphatic carbocycles. The van der Waals surface area contributed by atoms with Crippen molar-refractivity contribution in [2.45, 2.75) is 19.8 Å². The number of hydrogen-bond donors (Lipinski definition) is 2. The van der Waals surface area contributed by atoms with Crippen molar-refractivity contribution in [2.24, 2.45) is 4.99 Å². The number of carbonyl (C=O) groups is 2. The van der Waals surface area contributed by atoms with Crippen LogP contribution < -0.4 is 0 Å². The van der Waals surface area contributed by atoms with Gasteiger partial charge < -0.3 is 15.1 Å². The number of hydrogen-bond acceptors (Lipinski definition) is 4. The van der Waals surface area contributed by atoms with Crippen LogP contribution >= 0.6 is 0 Å². The van der Waals surface area contributed by atoms with Gasteiger partial charge in [0, 0.05) is 20.0 Å². The van der Waals surface area contributed by atoms with E-state index in [4.69, 9.17) is 25.1 Å². The Morgan fingerprint density at radius 3 is 2.41 bits per heavy atom. The first-order valence-corrected chi connectivity index (χ1v) is 6.60. The van der Waals surface area contributed by atoms with Crippen LogP contribution in [-0.4, -0.2) is 46.5 Å². The molecule has 0 aromatic heterocycles. The molecule has 0 radical (unpaired) electrons. The van der Waals surface area contributed by atoms with Crippen molar-refractivity contribution < 1.29 is 19.8 Å². The molecule has 2 N–H and O–H groups in total. The number of nitriles is 1. The van der Waals surface area contributed by atoms with Crippen molar-refractivity contribution in [1.82, 2.24) is 4.90 Å². The standard InChI is InChI=1S/C13H15N3.C2H2O4/c1-10-5-6-12(11(8-10)9-14)15-13-4-3-7-16(13)2;3-1(4)2(5)6/h5-6,8H,3-4,7H2,1-2H3;(H,3,4)(H,5,6). The van der Waals surface area contributed by atoms with E-state index >= 15 is 0 Å². The largest absolute Gasteiger partial charge is 0.473 e. The van der Waals surface area contributed by atoms with Gasteiger partial charge >= 0.3 is 11.9 Å². The summed E-state index contributed by atoms with van der Waals surface area (Å²) in [7, 11) is 2.05. The maximum absolute atomic E-state index is 9.10. The predicted octanol–water partition coefficient (Wildman–Crippen LogP) is 1.78. The monoisotopic (exact) mass is 303 g/mol. The Hall–Kier alpha value is -2.88. The van der Waals surface area contributed by atoms with Gasteiger partial charge in [0.1, 0.15) is 11.9 Å². The molecule has 2 rings (SSSR count). The number of carboxylic acids is 2. The predicted molar refractivity (Wildman–Crippen MR) is 80.1 cm³/mol. The molecule has 1 fully saturated rings. The van der Waals surface area contributed by atoms with E-state index in [0.29, 0.717) is 5.56 Å². The third kappa shape index (κ3) is 4.90. The van der Waals surface area contributed by atoms with Crippen LogP contribution in [-0.2, 0) is 9.59 Å². The lowest BCUT2D eigenvalue weighted by Crippen LogP contribution is -2.18. The molecule has 22 heavy (non-hydrogen) atoms. The Morgan fingerprint density at radius 1 is 1.32 bits per heavy atom. The topological polar surface area (TPSA) is 114 Å². The molecule has 0 bridgehead atoms. The molecule has 1 aromatic carbocycles. The van der Waals surface area contributed by atoms with E-state index in [1.54, 1.807) is 0 Å². The van der Waals surface area contributed by atoms with Crippen LogP contribution in [0.4, 0.5) is 5.69 Å². The van der Waals surface area contributed by atoms with Gasteiger partial charge in [-0.3, -0.25) is 0 Å². The summed E-state index contributed by atoms with van der Waals surface area (Å²) in [5.74, 6) is -2.56. The number of aliphatic carboxylic acids is 2. The van der Waals surface area contributed by atoms with E-state index < -0.39 is 11.9 Å². The lowest BCUT2D eigenvalue weighted by atomic mass is 10.1. The molecule has 0 amide bonds. The summed E-state index contributed by atoms with van der Waals surface area (Å²) in [5, 5.41) is 23.8. The van der Waals surface area contributed by atoms with Crippen molar-refractivity contribution in [1.29, 1.82) is 5.26 Å². The Bertz CT molecular complexity index is 635. The molecule has 1 heterocycles. The lowest BCUT2D eigenvalue weighted by molar-refractivity contribution is -0.159. The van der Waals surface area contributed by atoms with E-state index in [9.17, 15) is 0 Å². The molecule has 0 saturated carbocycles. The quantitative estimate of drug-likeness (QED) is 0.764. The van der Waals surface area contributed by atoms with Crippen molar-refractivity contribution in [3.05, 3.63) is 29.3 Å². The minimum absolute atomic E-state index is 0.660. The first kappa shape index (κ1) is 17.2. The third-order valence-electron chi connectivity index (χ3n) is 3.04. The molecule has 0 unspecified atom stereocenters. The van der Waals surface area contributed by atoms with E-state index in [1.165, 1.54) is 0 Å². The highest BCUT2D eigenvalue weighted by molar-refractivity contribution is 6.27. The molecule has 0 spiro atoms. The average Bonchev–Trinajstić information content (AvgIpc) is 2.86. The van der Waals surface area contributed by atoms with Crippen molar-refractivity contribution in [2.75, 3.05) is 13.6 Å². The number of benzene rings is 1. The fourth-order valence-corrected chi connectivity index (χ4v) is 1.91. The molecule has 0 atom stereocenters. The number of carboxylic acid groups (broad SMARTS) is 2. The number of amidine groups is 1. The highest BCUT2D eigenvalue weighted by Gasteiger charge is 2.14. The normalized spacial score (nSPS) is 15.0. The van der Waals surface area contributed by atoms with E-state index in [2.05, 4.69) is 16.0 Å². The fourth-order valence-electron chi connectivity index (χ4n) is 1.91. The lowest BCUT2D eigenvalue weighted by Gasteiger charge is -2.11. The number of aryl methyl sites for hydroxylation is 1. The summed E-state index contributed by atoms with van der Waals surface area (Å²) in [6.07, 6.45) is 2.17. The summed E-state index contributed by atoms with van der Waals surface area (Å²) in [6.45, 7) is 3.05. The minimum Gasteiger partial charge on any atom is -0.473 e. The van der Waals surface area contributed by atoms with Crippen LogP contribution in [0.3, 0.4) is 0 Å². The van der Waals surface area contributed by atoms with E-state index in [1.807, 2.05) is 32.2 Å². The Balaban J connectivity index is 0.000000346. The van der Waals surface area contributed by atoms with Crippen LogP contribution in [0.15, 0.2) is 23.2 Å². The summed E-state index contributed by atoms with van der Waals surface area (Å²) in [4.78, 5) is 24.9. The first-order valence-electron chi connectivity index (χ1n) is 6.60. The van der Waals surface area contributed by atoms with Gasteiger partial charge in [-0.2, -0.15) is 5.26 Å². The second kappa shape index (κ2) is 7.78. The molecule has 7 nitrogen and oxygen atoms in total. The van der Waals surface area contributed by atoms with Gasteiger partial charge in [-0.15, -0.1) is 0 Å². The Labute approximate surface area is 128 Å². The average molecular weight is 303 g/mol. The van der Waals surface area contributed by atoms with Gasteiger partial charge in [0.2, 0.25) is 0 Å². The molecule has 116 valence electrons. The Kier molecular flexibility index (Phi) is 6.08. The highest BCUT2D eigenvalue weighted by atomic mass is 16.4. The summed E-state index contributed by atoms with van der Waals surface area (Å²) in [6, 6.07) is 8.00. The van der Waals surface area contributed by atoms with Crippen molar-refractivity contribution in [3.8, 4) is 6.07 Å². The SMILES string of the molecule is Cc1ccc(N=C2CCCN2C)c(C#N)c1.O=C(O)C(=O)O. The number of aliphatic imine (C=N–C) groups is 1. The maximum atomic E-state index is 9.10. The van der Waals surface area contributed by atoms with Gasteiger partial charge in [0.15, 0.2) is 0 Å². The number of likely N-dealkylation sites (tertiary alicyclic amines) is 1. The zero-order valence-corrected chi connectivity index (χ0v) is 12.4. The Morgan fingerprint density at radius 2 is 1.95 bits per heavy atom. The minimum atomic E-state index is -1.82. The van der Waals surface area contributed by atoms with Gasteiger partial charge in [0.25, 0.3) is 0 Å². The smallest absolute Gasteiger partial charge is 0.414 e. The summed E-state index contributed by atoms with van der Waals surface area (Å²) >= 11 is 0. The van der Waals surface area contributed by atoms with Gasteiger partial charge in [0.05, 0.1) is 11.3 Å². The molecular weight excluding hydrogens is 286 g/mol. The summed E-state index contributed by atoms with van der Waals surface area (Å²) < 4.78 is 0.